The van der Waals surface area contributed by atoms with E-state index in [9.17, 15) is 9.90 Å². The number of hydrogen-bond donors (Lipinski definition) is 1. The van der Waals surface area contributed by atoms with Crippen LogP contribution in [0.15, 0.2) is 48.5 Å². The van der Waals surface area contributed by atoms with Gasteiger partial charge in [0.2, 0.25) is 0 Å². The number of aromatic hydroxyl groups is 1. The first-order valence-corrected chi connectivity index (χ1v) is 5.78. The molecular weight excluding hydrogens is 228 g/mol. The Morgan fingerprint density at radius 2 is 1.89 bits per heavy atom. The highest BCUT2D eigenvalue weighted by molar-refractivity contribution is 6.10. The first-order valence-electron chi connectivity index (χ1n) is 5.78. The van der Waals surface area contributed by atoms with E-state index in [-0.39, 0.29) is 17.1 Å². The fraction of sp³-hybridized carbons (Fsp3) is 0.133. The van der Waals surface area contributed by atoms with Crippen molar-refractivity contribution in [2.75, 3.05) is 6.61 Å². The Kier molecular flexibility index (Phi) is 3.63. The van der Waals surface area contributed by atoms with Gasteiger partial charge >= 0.3 is 0 Å². The molecule has 3 heteroatoms. The average molecular weight is 242 g/mol. The van der Waals surface area contributed by atoms with E-state index in [2.05, 4.69) is 0 Å². The fourth-order valence-electron chi connectivity index (χ4n) is 1.70. The van der Waals surface area contributed by atoms with Crippen molar-refractivity contribution in [3.8, 4) is 11.5 Å². The summed E-state index contributed by atoms with van der Waals surface area (Å²) in [6.07, 6.45) is 0. The molecule has 0 spiro atoms. The minimum atomic E-state index is -0.198. The zero-order chi connectivity index (χ0) is 13.0. The minimum absolute atomic E-state index is 0.0604. The Hall–Kier alpha value is -2.29. The quantitative estimate of drug-likeness (QED) is 0.838. The number of rotatable bonds is 4. The molecule has 2 rings (SSSR count). The number of ether oxygens (including phenoxy) is 1. The van der Waals surface area contributed by atoms with Gasteiger partial charge in [-0.1, -0.05) is 30.3 Å². The molecule has 0 fully saturated rings. The highest BCUT2D eigenvalue weighted by atomic mass is 16.5. The van der Waals surface area contributed by atoms with Crippen molar-refractivity contribution in [3.63, 3.8) is 0 Å². The Morgan fingerprint density at radius 3 is 2.50 bits per heavy atom. The molecule has 0 aliphatic carbocycles. The summed E-state index contributed by atoms with van der Waals surface area (Å²) in [5, 5.41) is 9.85. The van der Waals surface area contributed by atoms with Crippen molar-refractivity contribution >= 4 is 5.78 Å². The Morgan fingerprint density at radius 1 is 1.17 bits per heavy atom. The van der Waals surface area contributed by atoms with Crippen molar-refractivity contribution in [1.82, 2.24) is 0 Å². The first kappa shape index (κ1) is 12.2. The van der Waals surface area contributed by atoms with Crippen LogP contribution in [-0.4, -0.2) is 17.5 Å². The molecule has 0 saturated carbocycles. The van der Waals surface area contributed by atoms with Crippen LogP contribution in [0.4, 0.5) is 0 Å². The molecule has 2 aromatic carbocycles. The monoisotopic (exact) mass is 242 g/mol. The normalized spacial score (nSPS) is 10.1. The summed E-state index contributed by atoms with van der Waals surface area (Å²) < 4.78 is 5.26. The molecule has 0 aromatic heterocycles. The van der Waals surface area contributed by atoms with Gasteiger partial charge < -0.3 is 9.84 Å². The maximum Gasteiger partial charge on any atom is 0.196 e. The smallest absolute Gasteiger partial charge is 0.196 e. The van der Waals surface area contributed by atoms with E-state index in [1.54, 1.807) is 36.4 Å². The van der Waals surface area contributed by atoms with Crippen molar-refractivity contribution in [1.29, 1.82) is 0 Å². The van der Waals surface area contributed by atoms with E-state index >= 15 is 0 Å². The molecule has 0 radical (unpaired) electrons. The number of carbonyl (C=O) groups excluding carboxylic acids is 1. The van der Waals surface area contributed by atoms with Crippen molar-refractivity contribution in [2.45, 2.75) is 6.92 Å². The third kappa shape index (κ3) is 2.51. The number of hydrogen-bond acceptors (Lipinski definition) is 3. The predicted molar refractivity (Wildman–Crippen MR) is 69.2 cm³/mol. The van der Waals surface area contributed by atoms with Crippen molar-refractivity contribution in [2.24, 2.45) is 0 Å². The van der Waals surface area contributed by atoms with Gasteiger partial charge in [-0.3, -0.25) is 4.79 Å². The molecule has 0 aliphatic rings. The number of ketones is 1. The molecule has 0 amide bonds. The van der Waals surface area contributed by atoms with E-state index in [4.69, 9.17) is 4.74 Å². The lowest BCUT2D eigenvalue weighted by molar-refractivity contribution is 0.103. The molecule has 18 heavy (non-hydrogen) atoms. The number of carbonyl (C=O) groups is 1. The molecule has 1 N–H and O–H groups in total. The van der Waals surface area contributed by atoms with Crippen LogP contribution in [0.25, 0.3) is 0 Å². The van der Waals surface area contributed by atoms with Crippen molar-refractivity contribution in [3.05, 3.63) is 59.7 Å². The summed E-state index contributed by atoms with van der Waals surface area (Å²) in [4.78, 5) is 12.1. The zero-order valence-electron chi connectivity index (χ0n) is 10.1. The molecule has 0 bridgehead atoms. The van der Waals surface area contributed by atoms with Crippen LogP contribution in [0.2, 0.25) is 0 Å². The van der Waals surface area contributed by atoms with Gasteiger partial charge in [-0.2, -0.15) is 0 Å². The minimum Gasteiger partial charge on any atom is -0.507 e. The molecule has 92 valence electrons. The van der Waals surface area contributed by atoms with Gasteiger partial charge in [0.25, 0.3) is 0 Å². The van der Waals surface area contributed by atoms with E-state index in [1.165, 1.54) is 6.07 Å². The number of phenolic OH excluding ortho intramolecular Hbond substituents is 1. The molecular formula is C15H14O3. The van der Waals surface area contributed by atoms with E-state index in [0.717, 1.165) is 0 Å². The lowest BCUT2D eigenvalue weighted by Gasteiger charge is -2.07. The van der Waals surface area contributed by atoms with Gasteiger partial charge in [-0.25, -0.2) is 0 Å². The van der Waals surface area contributed by atoms with E-state index in [0.29, 0.717) is 17.9 Å². The van der Waals surface area contributed by atoms with Crippen LogP contribution in [0.1, 0.15) is 22.8 Å². The van der Waals surface area contributed by atoms with E-state index < -0.39 is 0 Å². The lowest BCUT2D eigenvalue weighted by atomic mass is 10.0. The molecule has 0 atom stereocenters. The molecule has 0 unspecified atom stereocenters. The SMILES string of the molecule is CCOc1ccc(C(=O)c2ccccc2)c(O)c1. The standard InChI is InChI=1S/C15H14O3/c1-2-18-12-8-9-13(14(16)10-12)15(17)11-6-4-3-5-7-11/h3-10,16H,2H2,1H3. The van der Waals surface area contributed by atoms with Crippen LogP contribution >= 0.6 is 0 Å². The third-order valence-corrected chi connectivity index (χ3v) is 2.56. The fourth-order valence-corrected chi connectivity index (χ4v) is 1.70. The summed E-state index contributed by atoms with van der Waals surface area (Å²) in [5.74, 6) is 0.297. The topological polar surface area (TPSA) is 46.5 Å². The summed E-state index contributed by atoms with van der Waals surface area (Å²) >= 11 is 0. The van der Waals surface area contributed by atoms with Crippen LogP contribution in [0, 0.1) is 0 Å². The highest BCUT2D eigenvalue weighted by Crippen LogP contribution is 2.25. The van der Waals surface area contributed by atoms with Gasteiger partial charge in [-0.05, 0) is 19.1 Å². The Bertz CT molecular complexity index is 547. The molecule has 2 aromatic rings. The molecule has 0 saturated heterocycles. The predicted octanol–water partition coefficient (Wildman–Crippen LogP) is 3.02. The second-order valence-electron chi connectivity index (χ2n) is 3.81. The highest BCUT2D eigenvalue weighted by Gasteiger charge is 2.13. The van der Waals surface area contributed by atoms with Crippen LogP contribution < -0.4 is 4.74 Å². The third-order valence-electron chi connectivity index (χ3n) is 2.56. The van der Waals surface area contributed by atoms with Crippen LogP contribution in [0.3, 0.4) is 0 Å². The second kappa shape index (κ2) is 5.36. The molecule has 0 aliphatic heterocycles. The maximum atomic E-state index is 12.1. The zero-order valence-corrected chi connectivity index (χ0v) is 10.1. The van der Waals surface area contributed by atoms with E-state index in [1.807, 2.05) is 13.0 Å². The van der Waals surface area contributed by atoms with Crippen molar-refractivity contribution < 1.29 is 14.6 Å². The van der Waals surface area contributed by atoms with Gasteiger partial charge in [0.15, 0.2) is 5.78 Å². The summed E-state index contributed by atoms with van der Waals surface area (Å²) in [7, 11) is 0. The summed E-state index contributed by atoms with van der Waals surface area (Å²) in [6, 6.07) is 13.6. The maximum absolute atomic E-state index is 12.1. The summed E-state index contributed by atoms with van der Waals surface area (Å²) in [6.45, 7) is 2.38. The first-order chi connectivity index (χ1) is 8.72. The van der Waals surface area contributed by atoms with Gasteiger partial charge in [0.05, 0.1) is 12.2 Å². The lowest BCUT2D eigenvalue weighted by Crippen LogP contribution is -2.01. The van der Waals surface area contributed by atoms with Crippen LogP contribution in [0.5, 0.6) is 11.5 Å². The molecule has 3 nitrogen and oxygen atoms in total. The summed E-state index contributed by atoms with van der Waals surface area (Å²) in [5.41, 5.74) is 0.835. The Labute approximate surface area is 106 Å². The largest absolute Gasteiger partial charge is 0.507 e. The molecule has 0 heterocycles. The number of benzene rings is 2. The van der Waals surface area contributed by atoms with Gasteiger partial charge in [0, 0.05) is 11.6 Å². The second-order valence-corrected chi connectivity index (χ2v) is 3.81. The van der Waals surface area contributed by atoms with Gasteiger partial charge in [0.1, 0.15) is 11.5 Å². The van der Waals surface area contributed by atoms with Gasteiger partial charge in [-0.15, -0.1) is 0 Å². The number of phenols is 1. The average Bonchev–Trinajstić information content (AvgIpc) is 2.40. The Balaban J connectivity index is 2.32. The van der Waals surface area contributed by atoms with Crippen LogP contribution in [-0.2, 0) is 0 Å².